The summed E-state index contributed by atoms with van der Waals surface area (Å²) in [5.74, 6) is 1.51. The van der Waals surface area contributed by atoms with E-state index in [0.29, 0.717) is 36.6 Å². The molecular weight excluding hydrogens is 456 g/mol. The first kappa shape index (κ1) is 26.0. The number of carbonyl (C=O) groups is 1. The summed E-state index contributed by atoms with van der Waals surface area (Å²) in [6.45, 7) is 9.25. The van der Waals surface area contributed by atoms with Crippen LogP contribution in [0, 0.1) is 0 Å². The number of aromatic nitrogens is 2. The predicted octanol–water partition coefficient (Wildman–Crippen LogP) is 3.96. The van der Waals surface area contributed by atoms with Gasteiger partial charge in [0.05, 0.1) is 18.1 Å². The highest BCUT2D eigenvalue weighted by molar-refractivity contribution is 6.34. The molecule has 1 aliphatic carbocycles. The van der Waals surface area contributed by atoms with Crippen molar-refractivity contribution in [2.24, 2.45) is 0 Å². The Morgan fingerprint density at radius 2 is 1.97 bits per heavy atom. The van der Waals surface area contributed by atoms with Gasteiger partial charge in [0.15, 0.2) is 5.82 Å². The monoisotopic (exact) mass is 490 g/mol. The molecule has 0 aliphatic heterocycles. The maximum absolute atomic E-state index is 12.2. The van der Waals surface area contributed by atoms with Crippen LogP contribution in [0.1, 0.15) is 58.4 Å². The zero-order valence-electron chi connectivity index (χ0n) is 20.4. The van der Waals surface area contributed by atoms with Gasteiger partial charge in [-0.25, -0.2) is 9.97 Å². The van der Waals surface area contributed by atoms with Crippen molar-refractivity contribution in [1.29, 1.82) is 0 Å². The number of nitrogens with one attached hydrogen (secondary N) is 1. The first-order valence-electron chi connectivity index (χ1n) is 11.8. The van der Waals surface area contributed by atoms with Crippen LogP contribution in [0.25, 0.3) is 0 Å². The Labute approximate surface area is 206 Å². The van der Waals surface area contributed by atoms with Gasteiger partial charge in [-0.1, -0.05) is 23.7 Å². The van der Waals surface area contributed by atoms with Gasteiger partial charge in [-0.05, 0) is 64.7 Å². The van der Waals surface area contributed by atoms with E-state index in [0.717, 1.165) is 30.6 Å². The Morgan fingerprint density at radius 3 is 2.59 bits per heavy atom. The molecule has 2 aromatic rings. The summed E-state index contributed by atoms with van der Waals surface area (Å²) >= 11 is 6.48. The van der Waals surface area contributed by atoms with E-state index in [9.17, 15) is 9.90 Å². The van der Waals surface area contributed by atoms with E-state index >= 15 is 0 Å². The van der Waals surface area contributed by atoms with Gasteiger partial charge in [0.2, 0.25) is 11.8 Å². The number of hydrogen-bond donors (Lipinski definition) is 2. The topological polar surface area (TPSA) is 96.8 Å². The number of aliphatic hydroxyl groups is 1. The van der Waals surface area contributed by atoms with Gasteiger partial charge < -0.3 is 24.8 Å². The quantitative estimate of drug-likeness (QED) is 0.410. The fourth-order valence-electron chi connectivity index (χ4n) is 3.33. The lowest BCUT2D eigenvalue weighted by molar-refractivity contribution is -0.122. The molecule has 0 saturated heterocycles. The molecule has 34 heavy (non-hydrogen) atoms. The number of ether oxygens (including phenoxy) is 2. The first-order valence-corrected chi connectivity index (χ1v) is 12.2. The van der Waals surface area contributed by atoms with Crippen LogP contribution in [-0.4, -0.2) is 58.9 Å². The van der Waals surface area contributed by atoms with Gasteiger partial charge in [0, 0.05) is 19.1 Å². The average Bonchev–Trinajstić information content (AvgIpc) is 3.62. The molecule has 0 spiro atoms. The number of anilines is 1. The fourth-order valence-corrected chi connectivity index (χ4v) is 3.60. The third-order valence-corrected chi connectivity index (χ3v) is 5.85. The lowest BCUT2D eigenvalue weighted by atomic mass is 10.0. The van der Waals surface area contributed by atoms with Crippen molar-refractivity contribution in [2.45, 2.75) is 64.5 Å². The van der Waals surface area contributed by atoms with E-state index in [1.54, 1.807) is 13.8 Å². The van der Waals surface area contributed by atoms with Crippen LogP contribution in [0.15, 0.2) is 30.6 Å². The van der Waals surface area contributed by atoms with Crippen molar-refractivity contribution in [3.05, 3.63) is 41.2 Å². The van der Waals surface area contributed by atoms with Crippen molar-refractivity contribution in [2.75, 3.05) is 31.2 Å². The minimum Gasteiger partial charge on any atom is -0.494 e. The van der Waals surface area contributed by atoms with Crippen molar-refractivity contribution >= 4 is 23.3 Å². The average molecular weight is 491 g/mol. The van der Waals surface area contributed by atoms with Crippen LogP contribution in [0.2, 0.25) is 5.02 Å². The van der Waals surface area contributed by atoms with Gasteiger partial charge in [0.1, 0.15) is 23.7 Å². The van der Waals surface area contributed by atoms with Crippen LogP contribution in [0.5, 0.6) is 11.6 Å². The van der Waals surface area contributed by atoms with E-state index in [4.69, 9.17) is 21.1 Å². The molecule has 1 amide bonds. The molecule has 1 aromatic heterocycles. The van der Waals surface area contributed by atoms with Gasteiger partial charge in [0.25, 0.3) is 0 Å². The van der Waals surface area contributed by atoms with Crippen LogP contribution >= 0.6 is 11.6 Å². The number of amides is 1. The maximum atomic E-state index is 12.2. The smallest absolute Gasteiger partial charge is 0.238 e. The highest BCUT2D eigenvalue weighted by Crippen LogP contribution is 2.31. The minimum atomic E-state index is -0.991. The summed E-state index contributed by atoms with van der Waals surface area (Å²) in [5, 5.41) is 13.2. The molecule has 8 nitrogen and oxygen atoms in total. The molecule has 1 fully saturated rings. The van der Waals surface area contributed by atoms with E-state index in [1.807, 2.05) is 43.0 Å². The molecule has 1 unspecified atom stereocenters. The summed E-state index contributed by atoms with van der Waals surface area (Å²) in [6.07, 6.45) is 4.34. The van der Waals surface area contributed by atoms with Crippen LogP contribution < -0.4 is 19.7 Å². The Hall–Kier alpha value is -2.58. The van der Waals surface area contributed by atoms with E-state index in [-0.39, 0.29) is 24.3 Å². The van der Waals surface area contributed by atoms with Crippen molar-refractivity contribution in [3.8, 4) is 11.6 Å². The van der Waals surface area contributed by atoms with E-state index in [2.05, 4.69) is 15.3 Å². The zero-order valence-corrected chi connectivity index (χ0v) is 21.1. The second kappa shape index (κ2) is 11.7. The second-order valence-corrected chi connectivity index (χ2v) is 9.65. The molecule has 1 atom stereocenters. The molecule has 2 N–H and O–H groups in total. The summed E-state index contributed by atoms with van der Waals surface area (Å²) in [4.78, 5) is 22.7. The third kappa shape index (κ3) is 7.74. The summed E-state index contributed by atoms with van der Waals surface area (Å²) in [7, 11) is 0. The van der Waals surface area contributed by atoms with Crippen LogP contribution in [0.4, 0.5) is 5.82 Å². The molecular formula is C25H35ClN4O4. The molecule has 1 heterocycles. The largest absolute Gasteiger partial charge is 0.494 e. The number of benzene rings is 1. The second-order valence-electron chi connectivity index (χ2n) is 9.27. The molecule has 1 aromatic carbocycles. The van der Waals surface area contributed by atoms with Gasteiger partial charge in [-0.3, -0.25) is 4.79 Å². The molecule has 9 heteroatoms. The normalized spacial score (nSPS) is 14.4. The number of hydrogen-bond acceptors (Lipinski definition) is 7. The fraction of sp³-hybridized carbons (Fsp3) is 0.560. The lowest BCUT2D eigenvalue weighted by Crippen LogP contribution is -2.29. The first-order chi connectivity index (χ1) is 16.2. The third-order valence-electron chi connectivity index (χ3n) is 5.52. The minimum absolute atomic E-state index is 0.0753. The molecule has 3 rings (SSSR count). The Morgan fingerprint density at radius 1 is 1.26 bits per heavy atom. The standard InChI is InChI=1S/C25H35ClN4O4/c1-5-30(22-21(26)24(28-16-27-22)34-15-25(3,4)32)13-6-14-33-20-11-7-18(8-12-20)17(2)23(31)29-19-9-10-19/h7-8,11-12,16-17,19,32H,5-6,9-10,13-15H2,1-4H3,(H,29,31). The van der Waals surface area contributed by atoms with Crippen LogP contribution in [-0.2, 0) is 4.79 Å². The van der Waals surface area contributed by atoms with Crippen molar-refractivity contribution < 1.29 is 19.4 Å². The number of carbonyl (C=O) groups excluding carboxylic acids is 1. The zero-order chi connectivity index (χ0) is 24.7. The van der Waals surface area contributed by atoms with Gasteiger partial charge in [-0.2, -0.15) is 0 Å². The summed E-state index contributed by atoms with van der Waals surface area (Å²) in [5.41, 5.74) is -0.0150. The Kier molecular flexibility index (Phi) is 8.97. The molecule has 0 bridgehead atoms. The molecule has 1 saturated carbocycles. The molecule has 186 valence electrons. The SMILES string of the molecule is CCN(CCCOc1ccc(C(C)C(=O)NC2CC2)cc1)c1ncnc(OCC(C)(C)O)c1Cl. The van der Waals surface area contributed by atoms with Gasteiger partial charge in [-0.15, -0.1) is 0 Å². The lowest BCUT2D eigenvalue weighted by Gasteiger charge is -2.24. The maximum Gasteiger partial charge on any atom is 0.238 e. The Balaban J connectivity index is 1.48. The molecule has 0 radical (unpaired) electrons. The summed E-state index contributed by atoms with van der Waals surface area (Å²) < 4.78 is 11.5. The van der Waals surface area contributed by atoms with Gasteiger partial charge >= 0.3 is 0 Å². The number of nitrogens with zero attached hydrogens (tertiary/aromatic N) is 3. The van der Waals surface area contributed by atoms with Crippen LogP contribution in [0.3, 0.4) is 0 Å². The number of rotatable bonds is 13. The highest BCUT2D eigenvalue weighted by atomic mass is 35.5. The Bertz CT molecular complexity index is 945. The molecule has 1 aliphatic rings. The van der Waals surface area contributed by atoms with E-state index in [1.165, 1.54) is 6.33 Å². The van der Waals surface area contributed by atoms with E-state index < -0.39 is 5.60 Å². The predicted molar refractivity (Wildman–Crippen MR) is 133 cm³/mol. The van der Waals surface area contributed by atoms with Crippen molar-refractivity contribution in [3.63, 3.8) is 0 Å². The number of halogens is 1. The highest BCUT2D eigenvalue weighted by Gasteiger charge is 2.26. The van der Waals surface area contributed by atoms with Crippen molar-refractivity contribution in [1.82, 2.24) is 15.3 Å². The summed E-state index contributed by atoms with van der Waals surface area (Å²) in [6, 6.07) is 8.06.